The van der Waals surface area contributed by atoms with E-state index in [-0.39, 0.29) is 11.9 Å². The number of esters is 1. The molecule has 0 radical (unpaired) electrons. The van der Waals surface area contributed by atoms with Crippen LogP contribution in [0.4, 0.5) is 4.79 Å². The zero-order valence-corrected chi connectivity index (χ0v) is 16.8. The summed E-state index contributed by atoms with van der Waals surface area (Å²) < 4.78 is 4.96. The predicted octanol–water partition coefficient (Wildman–Crippen LogP) is 1.83. The summed E-state index contributed by atoms with van der Waals surface area (Å²) in [5.41, 5.74) is 1.29. The second kappa shape index (κ2) is 8.63. The number of benzene rings is 1. The molecule has 1 atom stereocenters. The largest absolute Gasteiger partial charge is 0.454 e. The first-order valence-electron chi connectivity index (χ1n) is 10.0. The van der Waals surface area contributed by atoms with Gasteiger partial charge in [-0.3, -0.25) is 19.3 Å². The van der Waals surface area contributed by atoms with Gasteiger partial charge in [0.05, 0.1) is 6.04 Å². The van der Waals surface area contributed by atoms with Gasteiger partial charge in [0.25, 0.3) is 11.8 Å². The summed E-state index contributed by atoms with van der Waals surface area (Å²) in [6.07, 6.45) is 3.84. The molecule has 1 aromatic rings. The molecule has 2 N–H and O–H groups in total. The van der Waals surface area contributed by atoms with Gasteiger partial charge in [0.1, 0.15) is 12.1 Å². The van der Waals surface area contributed by atoms with Gasteiger partial charge in [-0.2, -0.15) is 0 Å². The monoisotopic (exact) mass is 401 g/mol. The van der Waals surface area contributed by atoms with Crippen LogP contribution in [0.15, 0.2) is 24.3 Å². The fourth-order valence-electron chi connectivity index (χ4n) is 3.87. The molecule has 1 saturated heterocycles. The Morgan fingerprint density at radius 2 is 1.86 bits per heavy atom. The molecule has 4 amide bonds. The van der Waals surface area contributed by atoms with Gasteiger partial charge in [-0.1, -0.05) is 44.0 Å². The molecule has 156 valence electrons. The van der Waals surface area contributed by atoms with E-state index in [0.29, 0.717) is 12.8 Å². The summed E-state index contributed by atoms with van der Waals surface area (Å²) in [4.78, 5) is 49.6. The zero-order chi connectivity index (χ0) is 21.0. The lowest BCUT2D eigenvalue weighted by atomic mass is 9.98. The van der Waals surface area contributed by atoms with E-state index in [0.717, 1.165) is 29.7 Å². The lowest BCUT2D eigenvalue weighted by Crippen LogP contribution is -2.44. The minimum absolute atomic E-state index is 0.236. The summed E-state index contributed by atoms with van der Waals surface area (Å²) in [5, 5.41) is 5.47. The van der Waals surface area contributed by atoms with E-state index >= 15 is 0 Å². The Hall–Kier alpha value is -2.90. The highest BCUT2D eigenvalue weighted by Gasteiger charge is 2.52. The number of amides is 4. The third-order valence-electron chi connectivity index (χ3n) is 5.62. The average molecular weight is 401 g/mol. The van der Waals surface area contributed by atoms with Crippen molar-refractivity contribution in [2.75, 3.05) is 13.2 Å². The first-order valence-corrected chi connectivity index (χ1v) is 10.0. The molecule has 1 spiro atoms. The Balaban J connectivity index is 1.45. The molecular weight excluding hydrogens is 374 g/mol. The van der Waals surface area contributed by atoms with E-state index < -0.39 is 36.6 Å². The van der Waals surface area contributed by atoms with Crippen molar-refractivity contribution in [1.29, 1.82) is 0 Å². The van der Waals surface area contributed by atoms with Crippen LogP contribution in [0.3, 0.4) is 0 Å². The summed E-state index contributed by atoms with van der Waals surface area (Å²) in [6, 6.07) is 7.10. The maximum Gasteiger partial charge on any atom is 0.326 e. The summed E-state index contributed by atoms with van der Waals surface area (Å²) >= 11 is 0. The Morgan fingerprint density at radius 1 is 1.21 bits per heavy atom. The number of carbonyl (C=O) groups excluding carboxylic acids is 4. The summed E-state index contributed by atoms with van der Waals surface area (Å²) in [5.74, 6) is -1.63. The average Bonchev–Trinajstić information content (AvgIpc) is 3.27. The number of carbonyl (C=O) groups is 4. The fourth-order valence-corrected chi connectivity index (χ4v) is 3.87. The third kappa shape index (κ3) is 4.58. The lowest BCUT2D eigenvalue weighted by molar-refractivity contribution is -0.151. The van der Waals surface area contributed by atoms with Crippen LogP contribution < -0.4 is 10.6 Å². The second-order valence-electron chi connectivity index (χ2n) is 7.66. The van der Waals surface area contributed by atoms with Crippen molar-refractivity contribution in [1.82, 2.24) is 15.5 Å². The number of aryl methyl sites for hydroxylation is 1. The minimum Gasteiger partial charge on any atom is -0.454 e. The fraction of sp³-hybridized carbons (Fsp3) is 0.524. The number of nitrogens with zero attached hydrogens (tertiary/aromatic N) is 1. The van der Waals surface area contributed by atoms with Crippen LogP contribution >= 0.6 is 0 Å². The lowest BCUT2D eigenvalue weighted by Gasteiger charge is -2.19. The molecule has 0 unspecified atom stereocenters. The molecule has 2 aliphatic rings. The number of imide groups is 1. The van der Waals surface area contributed by atoms with Crippen molar-refractivity contribution in [2.45, 2.75) is 57.5 Å². The molecule has 0 bridgehead atoms. The maximum atomic E-state index is 12.5. The highest BCUT2D eigenvalue weighted by molar-refractivity contribution is 6.08. The number of rotatable bonds is 7. The number of ether oxygens (including phenoxy) is 1. The van der Waals surface area contributed by atoms with E-state index in [1.807, 2.05) is 31.2 Å². The molecule has 8 heteroatoms. The van der Waals surface area contributed by atoms with Crippen molar-refractivity contribution < 1.29 is 23.9 Å². The minimum atomic E-state index is -0.864. The van der Waals surface area contributed by atoms with Gasteiger partial charge < -0.3 is 15.4 Å². The Morgan fingerprint density at radius 3 is 2.48 bits per heavy atom. The number of hydrogen-bond acceptors (Lipinski definition) is 5. The second-order valence-corrected chi connectivity index (χ2v) is 7.66. The topological polar surface area (TPSA) is 105 Å². The van der Waals surface area contributed by atoms with Crippen LogP contribution in [-0.4, -0.2) is 47.4 Å². The summed E-state index contributed by atoms with van der Waals surface area (Å²) in [7, 11) is 0. The third-order valence-corrected chi connectivity index (χ3v) is 5.62. The van der Waals surface area contributed by atoms with Crippen LogP contribution in [0.5, 0.6) is 0 Å². The first kappa shape index (κ1) is 20.8. The molecule has 2 fully saturated rings. The zero-order valence-electron chi connectivity index (χ0n) is 16.8. The SMILES string of the molecule is CCc1ccc([C@H](C)NC(=O)COC(=O)CN2C(=O)NC3(CCCC3)C2=O)cc1. The standard InChI is InChI=1S/C21H27N3O5/c1-3-15-6-8-16(9-7-15)14(2)22-17(25)13-29-18(26)12-24-19(27)21(23-20(24)28)10-4-5-11-21/h6-9,14H,3-5,10-13H2,1-2H3,(H,22,25)(H,23,28)/t14-/m0/s1. The van der Waals surface area contributed by atoms with E-state index in [4.69, 9.17) is 4.74 Å². The molecule has 8 nitrogen and oxygen atoms in total. The van der Waals surface area contributed by atoms with Crippen LogP contribution in [0.25, 0.3) is 0 Å². The molecule has 29 heavy (non-hydrogen) atoms. The van der Waals surface area contributed by atoms with Crippen molar-refractivity contribution in [3.05, 3.63) is 35.4 Å². The van der Waals surface area contributed by atoms with E-state index in [1.54, 1.807) is 0 Å². The van der Waals surface area contributed by atoms with Gasteiger partial charge >= 0.3 is 12.0 Å². The molecule has 1 saturated carbocycles. The summed E-state index contributed by atoms with van der Waals surface area (Å²) in [6.45, 7) is 2.95. The highest BCUT2D eigenvalue weighted by Crippen LogP contribution is 2.34. The van der Waals surface area contributed by atoms with Crippen LogP contribution in [0, 0.1) is 0 Å². The van der Waals surface area contributed by atoms with Crippen LogP contribution in [-0.2, 0) is 25.5 Å². The highest BCUT2D eigenvalue weighted by atomic mass is 16.5. The van der Waals surface area contributed by atoms with Gasteiger partial charge in [-0.05, 0) is 37.3 Å². The van der Waals surface area contributed by atoms with Crippen LogP contribution in [0.2, 0.25) is 0 Å². The molecule has 1 aliphatic heterocycles. The first-order chi connectivity index (χ1) is 13.8. The van der Waals surface area contributed by atoms with Gasteiger partial charge in [0.2, 0.25) is 0 Å². The van der Waals surface area contributed by atoms with Gasteiger partial charge in [0, 0.05) is 0 Å². The molecule has 0 aromatic heterocycles. The maximum absolute atomic E-state index is 12.5. The van der Waals surface area contributed by atoms with Gasteiger partial charge in [-0.25, -0.2) is 4.79 Å². The van der Waals surface area contributed by atoms with E-state index in [2.05, 4.69) is 17.6 Å². The number of urea groups is 1. The predicted molar refractivity (Wildman–Crippen MR) is 105 cm³/mol. The molecule has 3 rings (SSSR count). The quantitative estimate of drug-likeness (QED) is 0.536. The van der Waals surface area contributed by atoms with E-state index in [1.165, 1.54) is 5.56 Å². The van der Waals surface area contributed by atoms with E-state index in [9.17, 15) is 19.2 Å². The number of nitrogens with one attached hydrogen (secondary N) is 2. The molecular formula is C21H27N3O5. The molecule has 1 aliphatic carbocycles. The van der Waals surface area contributed by atoms with Crippen molar-refractivity contribution in [3.8, 4) is 0 Å². The number of hydrogen-bond donors (Lipinski definition) is 2. The van der Waals surface area contributed by atoms with Crippen LogP contribution in [0.1, 0.15) is 56.7 Å². The molecule has 1 heterocycles. The Labute approximate surface area is 170 Å². The normalized spacial score (nSPS) is 18.6. The molecule has 1 aromatic carbocycles. The Kier molecular flexibility index (Phi) is 6.20. The van der Waals surface area contributed by atoms with Crippen molar-refractivity contribution in [3.63, 3.8) is 0 Å². The van der Waals surface area contributed by atoms with Crippen molar-refractivity contribution in [2.24, 2.45) is 0 Å². The smallest absolute Gasteiger partial charge is 0.326 e. The van der Waals surface area contributed by atoms with Gasteiger partial charge in [0.15, 0.2) is 6.61 Å². The van der Waals surface area contributed by atoms with Crippen molar-refractivity contribution >= 4 is 23.8 Å². The Bertz CT molecular complexity index is 799. The van der Waals surface area contributed by atoms with Gasteiger partial charge in [-0.15, -0.1) is 0 Å².